The van der Waals surface area contributed by atoms with E-state index in [9.17, 15) is 9.90 Å². The summed E-state index contributed by atoms with van der Waals surface area (Å²) in [5, 5.41) is 17.3. The Morgan fingerprint density at radius 1 is 1.38 bits per heavy atom. The maximum absolute atomic E-state index is 10.5. The van der Waals surface area contributed by atoms with E-state index in [4.69, 9.17) is 0 Å². The topological polar surface area (TPSA) is 68.8 Å². The van der Waals surface area contributed by atoms with Crippen molar-refractivity contribution in [3.63, 3.8) is 0 Å². The number of hydrogen-bond acceptors (Lipinski definition) is 3. The molecule has 0 radical (unpaired) electrons. The van der Waals surface area contributed by atoms with Gasteiger partial charge in [0.15, 0.2) is 0 Å². The number of carboxylic acids is 1. The van der Waals surface area contributed by atoms with Crippen LogP contribution < -0.4 is 34.7 Å². The smallest absolute Gasteiger partial charge is 0.543 e. The molecule has 2 aromatic rings. The number of carbonyl (C=O) groups excluding carboxylic acids is 1. The van der Waals surface area contributed by atoms with Gasteiger partial charge in [-0.25, -0.2) is 0 Å². The van der Waals surface area contributed by atoms with Crippen molar-refractivity contribution in [3.8, 4) is 0 Å². The van der Waals surface area contributed by atoms with Gasteiger partial charge in [0.25, 0.3) is 0 Å². The van der Waals surface area contributed by atoms with Crippen molar-refractivity contribution in [2.24, 2.45) is 0 Å². The van der Waals surface area contributed by atoms with E-state index >= 15 is 0 Å². The Morgan fingerprint density at radius 3 is 2.77 bits per heavy atom. The molecule has 0 aliphatic heterocycles. The molecule has 0 aliphatic rings. The van der Waals surface area contributed by atoms with E-state index < -0.39 is 5.97 Å². The molecule has 0 unspecified atom stereocenters. The first kappa shape index (κ1) is 10.2. The van der Waals surface area contributed by atoms with Gasteiger partial charge in [-0.2, -0.15) is 5.10 Å². The fourth-order valence-electron chi connectivity index (χ4n) is 1.12. The van der Waals surface area contributed by atoms with Crippen molar-refractivity contribution in [1.29, 1.82) is 0 Å². The van der Waals surface area contributed by atoms with Gasteiger partial charge in [0.2, 0.25) is 0 Å². The van der Waals surface area contributed by atoms with Gasteiger partial charge in [0.05, 0.1) is 11.5 Å². The van der Waals surface area contributed by atoms with Crippen LogP contribution in [0.1, 0.15) is 10.5 Å². The molecule has 1 heterocycles. The first-order valence-electron chi connectivity index (χ1n) is 3.43. The van der Waals surface area contributed by atoms with E-state index in [2.05, 4.69) is 10.2 Å². The van der Waals surface area contributed by atoms with Crippen molar-refractivity contribution in [2.45, 2.75) is 0 Å². The van der Waals surface area contributed by atoms with Gasteiger partial charge in [-0.15, -0.1) is 0 Å². The van der Waals surface area contributed by atoms with E-state index in [0.29, 0.717) is 10.9 Å². The number of carbonyl (C=O) groups is 1. The van der Waals surface area contributed by atoms with Crippen LogP contribution in [-0.2, 0) is 0 Å². The molecule has 4 nitrogen and oxygen atoms in total. The number of para-hydroxylation sites is 1. The number of fused-ring (bicyclic) bond motifs is 1. The Balaban J connectivity index is 0.000000845. The standard InChI is InChI=1S/C8H6N2O2.Na/c11-8(12)7-5-3-1-2-4-6(5)9-10-7;/h1-4H,(H,9,10)(H,11,12);/q;+1/p-1. The Labute approximate surface area is 96.2 Å². The number of aromatic nitrogens is 2. The molecular weight excluding hydrogens is 179 g/mol. The SMILES string of the molecule is O=C([O-])c1n[nH]c2ccccc12.[Na+]. The zero-order valence-corrected chi connectivity index (χ0v) is 9.07. The van der Waals surface area contributed by atoms with Gasteiger partial charge < -0.3 is 9.90 Å². The molecule has 0 spiro atoms. The van der Waals surface area contributed by atoms with Crippen LogP contribution in [0.3, 0.4) is 0 Å². The van der Waals surface area contributed by atoms with Gasteiger partial charge in [-0.05, 0) is 6.07 Å². The Hall–Kier alpha value is -0.840. The third-order valence-electron chi connectivity index (χ3n) is 1.66. The zero-order chi connectivity index (χ0) is 8.55. The van der Waals surface area contributed by atoms with Crippen LogP contribution in [-0.4, -0.2) is 16.2 Å². The summed E-state index contributed by atoms with van der Waals surface area (Å²) in [4.78, 5) is 10.5. The van der Waals surface area contributed by atoms with Gasteiger partial charge in [-0.1, -0.05) is 18.2 Å². The molecule has 0 saturated carbocycles. The number of aromatic carboxylic acids is 1. The number of H-pyrrole nitrogens is 1. The summed E-state index contributed by atoms with van der Waals surface area (Å²) in [5.74, 6) is -1.26. The van der Waals surface area contributed by atoms with E-state index in [1.165, 1.54) is 0 Å². The minimum Gasteiger partial charge on any atom is -0.543 e. The Bertz CT molecular complexity index is 438. The number of benzene rings is 1. The number of aromatic amines is 1. The maximum Gasteiger partial charge on any atom is 1.00 e. The van der Waals surface area contributed by atoms with Crippen LogP contribution in [0.4, 0.5) is 0 Å². The van der Waals surface area contributed by atoms with Gasteiger partial charge in [-0.3, -0.25) is 5.10 Å². The van der Waals surface area contributed by atoms with Crippen LogP contribution in [0.25, 0.3) is 10.9 Å². The van der Waals surface area contributed by atoms with Crippen molar-refractivity contribution in [2.75, 3.05) is 0 Å². The molecule has 0 bridgehead atoms. The molecule has 13 heavy (non-hydrogen) atoms. The summed E-state index contributed by atoms with van der Waals surface area (Å²) in [6.07, 6.45) is 0. The number of nitrogens with zero attached hydrogens (tertiary/aromatic N) is 1. The van der Waals surface area contributed by atoms with Crippen LogP contribution >= 0.6 is 0 Å². The average Bonchev–Trinajstić information content (AvgIpc) is 2.47. The molecule has 1 aromatic heterocycles. The van der Waals surface area contributed by atoms with Gasteiger partial charge in [0.1, 0.15) is 5.69 Å². The predicted molar refractivity (Wildman–Crippen MR) is 40.4 cm³/mol. The van der Waals surface area contributed by atoms with E-state index in [1.54, 1.807) is 24.3 Å². The molecule has 2 rings (SSSR count). The number of nitrogens with one attached hydrogen (secondary N) is 1. The van der Waals surface area contributed by atoms with Gasteiger partial charge in [0, 0.05) is 5.39 Å². The summed E-state index contributed by atoms with van der Waals surface area (Å²) in [6, 6.07) is 7.00. The summed E-state index contributed by atoms with van der Waals surface area (Å²) < 4.78 is 0. The van der Waals surface area contributed by atoms with Crippen LogP contribution in [0.15, 0.2) is 24.3 Å². The van der Waals surface area contributed by atoms with Gasteiger partial charge >= 0.3 is 29.6 Å². The molecule has 0 amide bonds. The largest absolute Gasteiger partial charge is 1.00 e. The molecule has 0 saturated heterocycles. The predicted octanol–water partition coefficient (Wildman–Crippen LogP) is -3.07. The number of carboxylic acid groups (broad SMARTS) is 1. The second kappa shape index (κ2) is 3.91. The molecule has 1 N–H and O–H groups in total. The third-order valence-corrected chi connectivity index (χ3v) is 1.66. The molecule has 60 valence electrons. The minimum absolute atomic E-state index is 0. The fraction of sp³-hybridized carbons (Fsp3) is 0. The molecule has 0 atom stereocenters. The summed E-state index contributed by atoms with van der Waals surface area (Å²) in [6.45, 7) is 0. The normalized spacial score (nSPS) is 9.54. The maximum atomic E-state index is 10.5. The molecule has 0 aliphatic carbocycles. The monoisotopic (exact) mass is 184 g/mol. The summed E-state index contributed by atoms with van der Waals surface area (Å²) in [5.41, 5.74) is 0.669. The van der Waals surface area contributed by atoms with Crippen LogP contribution in [0.5, 0.6) is 0 Å². The molecular formula is C8H5N2NaO2. The van der Waals surface area contributed by atoms with Crippen molar-refractivity contribution < 1.29 is 39.5 Å². The van der Waals surface area contributed by atoms with Crippen molar-refractivity contribution >= 4 is 16.9 Å². The molecule has 5 heteroatoms. The minimum atomic E-state index is -1.26. The van der Waals surface area contributed by atoms with E-state index in [1.807, 2.05) is 0 Å². The van der Waals surface area contributed by atoms with Crippen molar-refractivity contribution in [1.82, 2.24) is 10.2 Å². The Kier molecular flexibility index (Phi) is 3.08. The second-order valence-corrected chi connectivity index (χ2v) is 2.41. The zero-order valence-electron chi connectivity index (χ0n) is 7.07. The molecule has 1 aromatic carbocycles. The van der Waals surface area contributed by atoms with Crippen LogP contribution in [0.2, 0.25) is 0 Å². The number of hydrogen-bond donors (Lipinski definition) is 1. The fourth-order valence-corrected chi connectivity index (χ4v) is 1.12. The first-order chi connectivity index (χ1) is 5.79. The number of rotatable bonds is 1. The second-order valence-electron chi connectivity index (χ2n) is 2.41. The van der Waals surface area contributed by atoms with Crippen LogP contribution in [0, 0.1) is 0 Å². The Morgan fingerprint density at radius 2 is 2.08 bits per heavy atom. The third kappa shape index (κ3) is 1.75. The summed E-state index contributed by atoms with van der Waals surface area (Å²) in [7, 11) is 0. The summed E-state index contributed by atoms with van der Waals surface area (Å²) >= 11 is 0. The van der Waals surface area contributed by atoms with E-state index in [-0.39, 0.29) is 35.3 Å². The average molecular weight is 184 g/mol. The van der Waals surface area contributed by atoms with E-state index in [0.717, 1.165) is 0 Å². The molecule has 0 fully saturated rings. The quantitative estimate of drug-likeness (QED) is 0.478. The van der Waals surface area contributed by atoms with Crippen molar-refractivity contribution in [3.05, 3.63) is 30.0 Å². The first-order valence-corrected chi connectivity index (χ1v) is 3.43.